The summed E-state index contributed by atoms with van der Waals surface area (Å²) in [6.45, 7) is 4.57. The summed E-state index contributed by atoms with van der Waals surface area (Å²) >= 11 is 1.79. The molecule has 1 atom stereocenters. The van der Waals surface area contributed by atoms with Crippen LogP contribution in [0.5, 0.6) is 0 Å². The topological polar surface area (TPSA) is 83.8 Å². The van der Waals surface area contributed by atoms with E-state index in [9.17, 15) is 4.79 Å². The second-order valence-corrected chi connectivity index (χ2v) is 4.98. The lowest BCUT2D eigenvalue weighted by Gasteiger charge is -2.09. The SMILES string of the molecule is CSC(C)CCNC(=O)c1c(N)n[nH]c1C. The zero-order valence-electron chi connectivity index (χ0n) is 9.83. The van der Waals surface area contributed by atoms with E-state index in [-0.39, 0.29) is 11.7 Å². The van der Waals surface area contributed by atoms with Crippen LogP contribution in [0, 0.1) is 6.92 Å². The molecule has 1 amide bonds. The molecule has 5 nitrogen and oxygen atoms in total. The van der Waals surface area contributed by atoms with Crippen LogP contribution in [0.1, 0.15) is 29.4 Å². The van der Waals surface area contributed by atoms with Crippen LogP contribution in [0.15, 0.2) is 0 Å². The fourth-order valence-electron chi connectivity index (χ4n) is 1.33. The van der Waals surface area contributed by atoms with Crippen molar-refractivity contribution in [2.45, 2.75) is 25.5 Å². The van der Waals surface area contributed by atoms with E-state index in [0.29, 0.717) is 23.1 Å². The van der Waals surface area contributed by atoms with Gasteiger partial charge in [0.25, 0.3) is 5.91 Å². The van der Waals surface area contributed by atoms with Crippen LogP contribution < -0.4 is 11.1 Å². The van der Waals surface area contributed by atoms with Gasteiger partial charge < -0.3 is 11.1 Å². The summed E-state index contributed by atoms with van der Waals surface area (Å²) in [6.07, 6.45) is 3.01. The molecule has 0 radical (unpaired) electrons. The van der Waals surface area contributed by atoms with Crippen molar-refractivity contribution in [2.24, 2.45) is 0 Å². The molecule has 1 unspecified atom stereocenters. The number of nitrogens with two attached hydrogens (primary N) is 1. The predicted octanol–water partition coefficient (Wildman–Crippen LogP) is 1.17. The summed E-state index contributed by atoms with van der Waals surface area (Å²) in [7, 11) is 0. The molecule has 0 spiro atoms. The van der Waals surface area contributed by atoms with E-state index in [4.69, 9.17) is 5.73 Å². The van der Waals surface area contributed by atoms with Crippen LogP contribution in [0.2, 0.25) is 0 Å². The van der Waals surface area contributed by atoms with Gasteiger partial charge in [0.15, 0.2) is 5.82 Å². The van der Waals surface area contributed by atoms with Gasteiger partial charge in [-0.3, -0.25) is 9.89 Å². The Hall–Kier alpha value is -1.17. The molecule has 0 aliphatic carbocycles. The molecule has 6 heteroatoms. The summed E-state index contributed by atoms with van der Waals surface area (Å²) in [5.74, 6) is 0.102. The highest BCUT2D eigenvalue weighted by atomic mass is 32.2. The molecule has 1 rings (SSSR count). The van der Waals surface area contributed by atoms with E-state index >= 15 is 0 Å². The number of aryl methyl sites for hydroxylation is 1. The first kappa shape index (κ1) is 12.9. The Bertz CT molecular complexity index is 344. The van der Waals surface area contributed by atoms with Gasteiger partial charge >= 0.3 is 0 Å². The largest absolute Gasteiger partial charge is 0.382 e. The van der Waals surface area contributed by atoms with Gasteiger partial charge in [0.2, 0.25) is 0 Å². The summed E-state index contributed by atoms with van der Waals surface area (Å²) in [5, 5.41) is 9.86. The number of anilines is 1. The van der Waals surface area contributed by atoms with Crippen molar-refractivity contribution in [3.63, 3.8) is 0 Å². The van der Waals surface area contributed by atoms with Gasteiger partial charge in [-0.05, 0) is 19.6 Å². The van der Waals surface area contributed by atoms with Gasteiger partial charge in [-0.2, -0.15) is 16.9 Å². The summed E-state index contributed by atoms with van der Waals surface area (Å²) < 4.78 is 0. The minimum absolute atomic E-state index is 0.156. The minimum atomic E-state index is -0.156. The van der Waals surface area contributed by atoms with Crippen molar-refractivity contribution in [1.82, 2.24) is 15.5 Å². The molecule has 0 fully saturated rings. The number of nitrogens with one attached hydrogen (secondary N) is 2. The molecule has 0 aromatic carbocycles. The first-order valence-electron chi connectivity index (χ1n) is 5.17. The van der Waals surface area contributed by atoms with E-state index in [0.717, 1.165) is 6.42 Å². The molecular formula is C10H18N4OS. The zero-order chi connectivity index (χ0) is 12.1. The molecule has 90 valence electrons. The first-order chi connectivity index (χ1) is 7.56. The molecule has 4 N–H and O–H groups in total. The number of rotatable bonds is 5. The second-order valence-electron chi connectivity index (χ2n) is 3.70. The fourth-order valence-corrected chi connectivity index (χ4v) is 1.68. The Kier molecular flexibility index (Phi) is 4.67. The first-order valence-corrected chi connectivity index (χ1v) is 6.46. The van der Waals surface area contributed by atoms with Crippen LogP contribution in [0.3, 0.4) is 0 Å². The van der Waals surface area contributed by atoms with Crippen LogP contribution in [-0.4, -0.2) is 34.2 Å². The third-order valence-corrected chi connectivity index (χ3v) is 3.48. The third kappa shape index (κ3) is 3.16. The maximum absolute atomic E-state index is 11.8. The molecule has 0 aliphatic heterocycles. The normalized spacial score (nSPS) is 12.4. The number of thioether (sulfide) groups is 1. The Labute approximate surface area is 99.6 Å². The number of nitrogen functional groups attached to an aromatic ring is 1. The van der Waals surface area contributed by atoms with Gasteiger partial charge in [-0.25, -0.2) is 0 Å². The number of amides is 1. The maximum atomic E-state index is 11.8. The molecule has 0 saturated carbocycles. The van der Waals surface area contributed by atoms with Crippen molar-refractivity contribution < 1.29 is 4.79 Å². The van der Waals surface area contributed by atoms with E-state index in [1.807, 2.05) is 0 Å². The van der Waals surface area contributed by atoms with E-state index in [2.05, 4.69) is 28.7 Å². The lowest BCUT2D eigenvalue weighted by atomic mass is 10.2. The maximum Gasteiger partial charge on any atom is 0.256 e. The van der Waals surface area contributed by atoms with Crippen LogP contribution in [0.25, 0.3) is 0 Å². The zero-order valence-corrected chi connectivity index (χ0v) is 10.6. The highest BCUT2D eigenvalue weighted by Crippen LogP contribution is 2.12. The molecule has 0 aliphatic rings. The molecule has 0 bridgehead atoms. The number of carbonyl (C=O) groups is 1. The number of aromatic nitrogens is 2. The van der Waals surface area contributed by atoms with Crippen molar-refractivity contribution >= 4 is 23.5 Å². The van der Waals surface area contributed by atoms with Gasteiger partial charge in [0.05, 0.1) is 0 Å². The highest BCUT2D eigenvalue weighted by molar-refractivity contribution is 7.99. The standard InChI is InChI=1S/C10H18N4OS/c1-6(16-3)4-5-12-10(15)8-7(2)13-14-9(8)11/h6H,4-5H2,1-3H3,(H,12,15)(H3,11,13,14). The third-order valence-electron chi connectivity index (χ3n) is 2.44. The smallest absolute Gasteiger partial charge is 0.256 e. The van der Waals surface area contributed by atoms with Crippen molar-refractivity contribution in [3.8, 4) is 0 Å². The number of aromatic amines is 1. The fraction of sp³-hybridized carbons (Fsp3) is 0.600. The average molecular weight is 242 g/mol. The lowest BCUT2D eigenvalue weighted by molar-refractivity contribution is 0.0953. The predicted molar refractivity (Wildman–Crippen MR) is 67.7 cm³/mol. The summed E-state index contributed by atoms with van der Waals surface area (Å²) in [5.41, 5.74) is 6.75. The number of carbonyl (C=O) groups excluding carboxylic acids is 1. The molecule has 1 heterocycles. The van der Waals surface area contributed by atoms with Gasteiger partial charge in [-0.15, -0.1) is 0 Å². The number of hydrogen-bond donors (Lipinski definition) is 3. The Balaban J connectivity index is 2.47. The molecular weight excluding hydrogens is 224 g/mol. The van der Waals surface area contributed by atoms with Crippen LogP contribution in [0.4, 0.5) is 5.82 Å². The van der Waals surface area contributed by atoms with Crippen molar-refractivity contribution in [2.75, 3.05) is 18.5 Å². The van der Waals surface area contributed by atoms with E-state index in [1.165, 1.54) is 0 Å². The molecule has 0 saturated heterocycles. The monoisotopic (exact) mass is 242 g/mol. The molecule has 16 heavy (non-hydrogen) atoms. The van der Waals surface area contributed by atoms with Crippen LogP contribution >= 0.6 is 11.8 Å². The Morgan fingerprint density at radius 2 is 2.38 bits per heavy atom. The molecule has 1 aromatic rings. The van der Waals surface area contributed by atoms with Gasteiger partial charge in [0.1, 0.15) is 5.56 Å². The van der Waals surface area contributed by atoms with Crippen molar-refractivity contribution in [3.05, 3.63) is 11.3 Å². The second kappa shape index (κ2) is 5.79. The minimum Gasteiger partial charge on any atom is -0.382 e. The number of hydrogen-bond acceptors (Lipinski definition) is 4. The van der Waals surface area contributed by atoms with E-state index < -0.39 is 0 Å². The number of nitrogens with zero attached hydrogens (tertiary/aromatic N) is 1. The highest BCUT2D eigenvalue weighted by Gasteiger charge is 2.15. The average Bonchev–Trinajstić information content (AvgIpc) is 2.58. The lowest BCUT2D eigenvalue weighted by Crippen LogP contribution is -2.27. The van der Waals surface area contributed by atoms with Gasteiger partial charge in [-0.1, -0.05) is 6.92 Å². The van der Waals surface area contributed by atoms with Crippen LogP contribution in [-0.2, 0) is 0 Å². The summed E-state index contributed by atoms with van der Waals surface area (Å²) in [4.78, 5) is 11.8. The quantitative estimate of drug-likeness (QED) is 0.723. The molecule has 1 aromatic heterocycles. The Morgan fingerprint density at radius 3 is 2.88 bits per heavy atom. The van der Waals surface area contributed by atoms with E-state index in [1.54, 1.807) is 18.7 Å². The van der Waals surface area contributed by atoms with Gasteiger partial charge in [0, 0.05) is 17.5 Å². The summed E-state index contributed by atoms with van der Waals surface area (Å²) in [6, 6.07) is 0. The number of H-pyrrole nitrogens is 1. The Morgan fingerprint density at radius 1 is 1.69 bits per heavy atom. The van der Waals surface area contributed by atoms with Crippen molar-refractivity contribution in [1.29, 1.82) is 0 Å².